The van der Waals surface area contributed by atoms with Crippen molar-refractivity contribution in [1.82, 2.24) is 0 Å². The van der Waals surface area contributed by atoms with Crippen molar-refractivity contribution in [2.75, 3.05) is 13.2 Å². The lowest BCUT2D eigenvalue weighted by molar-refractivity contribution is -0.234. The molecule has 38 heavy (non-hydrogen) atoms. The van der Waals surface area contributed by atoms with Gasteiger partial charge in [-0.05, 0) is 45.4 Å². The Labute approximate surface area is 225 Å². The SMILES string of the molecule is CC1=C[C@H]2O[C@@H]3C[C@H]4OC(=O)/C=C\C=C/[C@H]([C@@H](C)O)CCC[C@@H](C)[C@H](O)C(=O)OC[C@@]2(CC1)[C@]4(C)[C@]31CO1. The van der Waals surface area contributed by atoms with Crippen LogP contribution in [0.25, 0.3) is 0 Å². The molecule has 2 aliphatic carbocycles. The van der Waals surface area contributed by atoms with Gasteiger partial charge in [-0.25, -0.2) is 9.59 Å². The Kier molecular flexibility index (Phi) is 7.39. The molecule has 210 valence electrons. The minimum Gasteiger partial charge on any atom is -0.463 e. The van der Waals surface area contributed by atoms with Crippen LogP contribution in [0.4, 0.5) is 0 Å². The molecule has 0 aromatic rings. The number of rotatable bonds is 1. The van der Waals surface area contributed by atoms with E-state index in [2.05, 4.69) is 19.9 Å². The molecule has 10 atom stereocenters. The van der Waals surface area contributed by atoms with E-state index in [4.69, 9.17) is 18.9 Å². The van der Waals surface area contributed by atoms with Crippen molar-refractivity contribution >= 4 is 11.9 Å². The predicted molar refractivity (Wildman–Crippen MR) is 139 cm³/mol. The lowest BCUT2D eigenvalue weighted by atomic mass is 9.51. The van der Waals surface area contributed by atoms with Gasteiger partial charge in [0, 0.05) is 23.8 Å². The third-order valence-electron chi connectivity index (χ3n) is 10.2. The molecule has 2 bridgehead atoms. The molecule has 1 saturated carbocycles. The molecule has 3 aliphatic heterocycles. The Morgan fingerprint density at radius 3 is 2.61 bits per heavy atom. The van der Waals surface area contributed by atoms with Gasteiger partial charge in [-0.3, -0.25) is 0 Å². The first-order chi connectivity index (χ1) is 18.0. The molecule has 5 aliphatic rings. The molecule has 3 heterocycles. The molecule has 2 saturated heterocycles. The van der Waals surface area contributed by atoms with E-state index in [0.29, 0.717) is 32.3 Å². The molecule has 0 aromatic carbocycles. The fraction of sp³-hybridized carbons (Fsp3) is 0.733. The van der Waals surface area contributed by atoms with Crippen LogP contribution in [0.2, 0.25) is 0 Å². The van der Waals surface area contributed by atoms with Crippen LogP contribution in [0.5, 0.6) is 0 Å². The van der Waals surface area contributed by atoms with E-state index in [1.807, 2.05) is 13.0 Å². The number of cyclic esters (lactones) is 1. The van der Waals surface area contributed by atoms with Crippen molar-refractivity contribution in [1.29, 1.82) is 0 Å². The number of carbonyl (C=O) groups excluding carboxylic acids is 2. The van der Waals surface area contributed by atoms with E-state index >= 15 is 0 Å². The summed E-state index contributed by atoms with van der Waals surface area (Å²) in [5.74, 6) is -1.49. The minimum absolute atomic E-state index is 0.0507. The standard InChI is InChI=1S/C30H42O8/c1-18-12-13-29-16-35-27(34)26(33)19(2)8-7-10-21(20(3)31)9-5-6-11-25(32)38-22-15-24(37-23(29)14-18)30(17-36-30)28(22,29)4/h5-6,9,11,14,19-24,26,31,33H,7-8,10,12-13,15-17H2,1-4H3/b9-5-,11-6-/t19-,20-,21+,22-,23-,24-,26+,28-,29-,30+/m1/s1. The molecule has 0 unspecified atom stereocenters. The highest BCUT2D eigenvalue weighted by atomic mass is 16.6. The lowest BCUT2D eigenvalue weighted by Crippen LogP contribution is -2.66. The summed E-state index contributed by atoms with van der Waals surface area (Å²) < 4.78 is 24.8. The first-order valence-corrected chi connectivity index (χ1v) is 14.1. The van der Waals surface area contributed by atoms with Crippen LogP contribution in [0.15, 0.2) is 36.0 Å². The second kappa shape index (κ2) is 10.2. The smallest absolute Gasteiger partial charge is 0.335 e. The number of ether oxygens (including phenoxy) is 4. The number of epoxide rings is 1. The monoisotopic (exact) mass is 530 g/mol. The molecular formula is C30H42O8. The Morgan fingerprint density at radius 2 is 1.89 bits per heavy atom. The Bertz CT molecular complexity index is 1030. The summed E-state index contributed by atoms with van der Waals surface area (Å²) in [4.78, 5) is 26.1. The number of carbonyl (C=O) groups is 2. The third kappa shape index (κ3) is 4.37. The molecule has 0 aromatic heterocycles. The normalized spacial score (nSPS) is 48.0. The molecule has 2 spiro atoms. The predicted octanol–water partition coefficient (Wildman–Crippen LogP) is 3.40. The Morgan fingerprint density at radius 1 is 1.13 bits per heavy atom. The van der Waals surface area contributed by atoms with Gasteiger partial charge >= 0.3 is 11.9 Å². The maximum atomic E-state index is 13.1. The van der Waals surface area contributed by atoms with E-state index < -0.39 is 46.7 Å². The van der Waals surface area contributed by atoms with Crippen LogP contribution in [0.1, 0.15) is 66.2 Å². The van der Waals surface area contributed by atoms with Gasteiger partial charge in [-0.15, -0.1) is 0 Å². The first kappa shape index (κ1) is 27.6. The quantitative estimate of drug-likeness (QED) is 0.301. The van der Waals surface area contributed by atoms with Crippen LogP contribution >= 0.6 is 0 Å². The van der Waals surface area contributed by atoms with Gasteiger partial charge in [0.2, 0.25) is 0 Å². The maximum absolute atomic E-state index is 13.1. The summed E-state index contributed by atoms with van der Waals surface area (Å²) in [6.45, 7) is 8.32. The summed E-state index contributed by atoms with van der Waals surface area (Å²) in [5, 5.41) is 21.0. The summed E-state index contributed by atoms with van der Waals surface area (Å²) in [7, 11) is 0. The van der Waals surface area contributed by atoms with Crippen LogP contribution in [0.3, 0.4) is 0 Å². The zero-order chi connectivity index (χ0) is 27.3. The lowest BCUT2D eigenvalue weighted by Gasteiger charge is -2.58. The number of hydrogen-bond acceptors (Lipinski definition) is 8. The van der Waals surface area contributed by atoms with Gasteiger partial charge in [0.25, 0.3) is 0 Å². The maximum Gasteiger partial charge on any atom is 0.335 e. The van der Waals surface area contributed by atoms with Crippen LogP contribution in [-0.4, -0.2) is 71.5 Å². The molecule has 0 amide bonds. The van der Waals surface area contributed by atoms with E-state index in [-0.39, 0.29) is 30.7 Å². The highest BCUT2D eigenvalue weighted by Crippen LogP contribution is 2.72. The van der Waals surface area contributed by atoms with Gasteiger partial charge in [-0.2, -0.15) is 0 Å². The zero-order valence-corrected chi connectivity index (χ0v) is 22.9. The fourth-order valence-electron chi connectivity index (χ4n) is 7.50. The van der Waals surface area contributed by atoms with Crippen molar-refractivity contribution in [3.05, 3.63) is 36.0 Å². The molecule has 3 fully saturated rings. The summed E-state index contributed by atoms with van der Waals surface area (Å²) in [6, 6.07) is 0. The van der Waals surface area contributed by atoms with Gasteiger partial charge in [-0.1, -0.05) is 50.1 Å². The number of esters is 2. The summed E-state index contributed by atoms with van der Waals surface area (Å²) in [5.41, 5.74) is -0.696. The second-order valence-corrected chi connectivity index (χ2v) is 12.4. The highest BCUT2D eigenvalue weighted by Gasteiger charge is 2.83. The van der Waals surface area contributed by atoms with Crippen molar-refractivity contribution in [2.45, 2.75) is 102 Å². The van der Waals surface area contributed by atoms with Crippen molar-refractivity contribution in [3.63, 3.8) is 0 Å². The number of hydrogen-bond donors (Lipinski definition) is 2. The largest absolute Gasteiger partial charge is 0.463 e. The Hall–Kier alpha value is -2.00. The van der Waals surface area contributed by atoms with E-state index in [1.54, 1.807) is 19.1 Å². The van der Waals surface area contributed by atoms with Gasteiger partial charge in [0.1, 0.15) is 18.3 Å². The second-order valence-electron chi connectivity index (χ2n) is 12.4. The average molecular weight is 531 g/mol. The third-order valence-corrected chi connectivity index (χ3v) is 10.2. The number of aliphatic hydroxyl groups is 2. The highest BCUT2D eigenvalue weighted by molar-refractivity contribution is 5.82. The van der Waals surface area contributed by atoms with Gasteiger partial charge < -0.3 is 29.2 Å². The summed E-state index contributed by atoms with van der Waals surface area (Å²) in [6.07, 6.45) is 10.1. The fourth-order valence-corrected chi connectivity index (χ4v) is 7.50. The van der Waals surface area contributed by atoms with Crippen molar-refractivity contribution in [2.24, 2.45) is 22.7 Å². The summed E-state index contributed by atoms with van der Waals surface area (Å²) >= 11 is 0. The molecule has 8 nitrogen and oxygen atoms in total. The van der Waals surface area contributed by atoms with E-state index in [0.717, 1.165) is 12.8 Å². The zero-order valence-electron chi connectivity index (χ0n) is 22.9. The van der Waals surface area contributed by atoms with Crippen molar-refractivity contribution in [3.8, 4) is 0 Å². The van der Waals surface area contributed by atoms with Crippen LogP contribution in [0, 0.1) is 22.7 Å². The van der Waals surface area contributed by atoms with Crippen molar-refractivity contribution < 1.29 is 38.7 Å². The van der Waals surface area contributed by atoms with Gasteiger partial charge in [0.15, 0.2) is 6.10 Å². The topological polar surface area (TPSA) is 115 Å². The molecular weight excluding hydrogens is 488 g/mol. The Balaban J connectivity index is 1.51. The van der Waals surface area contributed by atoms with Crippen LogP contribution < -0.4 is 0 Å². The average Bonchev–Trinajstić information content (AvgIpc) is 3.65. The number of allylic oxidation sites excluding steroid dienone is 3. The molecule has 0 radical (unpaired) electrons. The molecule has 5 rings (SSSR count). The van der Waals surface area contributed by atoms with E-state index in [9.17, 15) is 19.8 Å². The van der Waals surface area contributed by atoms with Crippen LogP contribution in [-0.2, 0) is 28.5 Å². The first-order valence-electron chi connectivity index (χ1n) is 14.1. The minimum atomic E-state index is -1.25. The molecule has 8 heteroatoms. The van der Waals surface area contributed by atoms with Gasteiger partial charge in [0.05, 0.1) is 30.3 Å². The number of aliphatic hydroxyl groups excluding tert-OH is 2. The van der Waals surface area contributed by atoms with E-state index in [1.165, 1.54) is 11.6 Å². The molecule has 2 N–H and O–H groups in total.